The first kappa shape index (κ1) is 21.9. The minimum absolute atomic E-state index is 0.00351. The van der Waals surface area contributed by atoms with Crippen molar-refractivity contribution in [2.24, 2.45) is 0 Å². The average Bonchev–Trinajstić information content (AvgIpc) is 3.01. The number of amides is 2. The van der Waals surface area contributed by atoms with Crippen molar-refractivity contribution < 1.29 is 9.59 Å². The van der Waals surface area contributed by atoms with Crippen molar-refractivity contribution in [3.05, 3.63) is 82.1 Å². The number of aromatic nitrogens is 1. The molecule has 2 aromatic carbocycles. The van der Waals surface area contributed by atoms with Gasteiger partial charge in [0.25, 0.3) is 5.91 Å². The van der Waals surface area contributed by atoms with Gasteiger partial charge in [-0.1, -0.05) is 11.6 Å². The summed E-state index contributed by atoms with van der Waals surface area (Å²) in [6.45, 7) is 5.33. The maximum absolute atomic E-state index is 12.6. The molecule has 0 atom stereocenters. The highest BCUT2D eigenvalue weighted by Crippen LogP contribution is 2.24. The topological polar surface area (TPSA) is 86.9 Å². The van der Waals surface area contributed by atoms with Crippen molar-refractivity contribution in [3.8, 4) is 11.8 Å². The van der Waals surface area contributed by atoms with E-state index in [0.717, 1.165) is 22.6 Å². The van der Waals surface area contributed by atoms with Gasteiger partial charge >= 0.3 is 0 Å². The Morgan fingerprint density at radius 3 is 2.16 bits per heavy atom. The molecule has 0 bridgehead atoms. The molecule has 0 aliphatic heterocycles. The van der Waals surface area contributed by atoms with Crippen molar-refractivity contribution >= 4 is 40.9 Å². The van der Waals surface area contributed by atoms with Crippen LogP contribution in [0.2, 0.25) is 5.02 Å². The van der Waals surface area contributed by atoms with Crippen molar-refractivity contribution in [2.75, 3.05) is 10.6 Å². The summed E-state index contributed by atoms with van der Waals surface area (Å²) in [5.41, 5.74) is 4.78. The minimum Gasteiger partial charge on any atom is -0.326 e. The lowest BCUT2D eigenvalue weighted by Gasteiger charge is -2.11. The fourth-order valence-electron chi connectivity index (χ4n) is 3.26. The molecule has 0 saturated carbocycles. The molecule has 0 spiro atoms. The molecule has 1 aromatic heterocycles. The van der Waals surface area contributed by atoms with Crippen molar-refractivity contribution in [1.82, 2.24) is 4.57 Å². The molecule has 156 valence electrons. The van der Waals surface area contributed by atoms with E-state index in [1.165, 1.54) is 6.92 Å². The van der Waals surface area contributed by atoms with Gasteiger partial charge in [-0.3, -0.25) is 9.59 Å². The summed E-state index contributed by atoms with van der Waals surface area (Å²) >= 11 is 5.86. The summed E-state index contributed by atoms with van der Waals surface area (Å²) in [4.78, 5) is 23.8. The number of rotatable bonds is 5. The van der Waals surface area contributed by atoms with Crippen LogP contribution in [0, 0.1) is 25.2 Å². The monoisotopic (exact) mass is 432 g/mol. The Labute approximate surface area is 185 Å². The fraction of sp³-hybridized carbons (Fsp3) is 0.125. The molecule has 0 saturated heterocycles. The van der Waals surface area contributed by atoms with Gasteiger partial charge in [-0.2, -0.15) is 5.26 Å². The van der Waals surface area contributed by atoms with Crippen LogP contribution in [0.25, 0.3) is 11.8 Å². The average molecular weight is 433 g/mol. The van der Waals surface area contributed by atoms with Gasteiger partial charge in [-0.15, -0.1) is 0 Å². The molecule has 3 rings (SSSR count). The van der Waals surface area contributed by atoms with E-state index in [1.54, 1.807) is 30.3 Å². The number of benzene rings is 2. The zero-order chi connectivity index (χ0) is 22.5. The third kappa shape index (κ3) is 5.21. The zero-order valence-electron chi connectivity index (χ0n) is 17.4. The second kappa shape index (κ2) is 9.33. The third-order valence-electron chi connectivity index (χ3n) is 4.68. The minimum atomic E-state index is -0.491. The molecule has 0 unspecified atom stereocenters. The Kier molecular flexibility index (Phi) is 6.58. The molecule has 3 aromatic rings. The lowest BCUT2D eigenvalue weighted by Crippen LogP contribution is -2.13. The van der Waals surface area contributed by atoms with E-state index in [-0.39, 0.29) is 11.5 Å². The molecule has 2 N–H and O–H groups in total. The zero-order valence-corrected chi connectivity index (χ0v) is 18.1. The third-order valence-corrected chi connectivity index (χ3v) is 4.94. The summed E-state index contributed by atoms with van der Waals surface area (Å²) in [6.07, 6.45) is 1.58. The van der Waals surface area contributed by atoms with Crippen molar-refractivity contribution in [1.29, 1.82) is 5.26 Å². The largest absolute Gasteiger partial charge is 0.326 e. The van der Waals surface area contributed by atoms with Gasteiger partial charge in [-0.25, -0.2) is 0 Å². The lowest BCUT2D eigenvalue weighted by molar-refractivity contribution is -0.114. The number of hydrogen-bond acceptors (Lipinski definition) is 3. The van der Waals surface area contributed by atoms with Crippen LogP contribution in [0.3, 0.4) is 0 Å². The lowest BCUT2D eigenvalue weighted by atomic mass is 10.1. The molecule has 31 heavy (non-hydrogen) atoms. The maximum Gasteiger partial charge on any atom is 0.266 e. The predicted molar refractivity (Wildman–Crippen MR) is 123 cm³/mol. The quantitative estimate of drug-likeness (QED) is 0.426. The summed E-state index contributed by atoms with van der Waals surface area (Å²) in [6, 6.07) is 18.0. The van der Waals surface area contributed by atoms with Crippen LogP contribution in [-0.4, -0.2) is 16.4 Å². The number of aryl methyl sites for hydroxylation is 1. The highest BCUT2D eigenvalue weighted by Gasteiger charge is 2.14. The number of nitrogens with one attached hydrogen (secondary N) is 2. The van der Waals surface area contributed by atoms with Crippen LogP contribution in [-0.2, 0) is 9.59 Å². The van der Waals surface area contributed by atoms with Gasteiger partial charge in [0.2, 0.25) is 5.91 Å². The Morgan fingerprint density at radius 1 is 1.00 bits per heavy atom. The van der Waals surface area contributed by atoms with Crippen molar-refractivity contribution in [2.45, 2.75) is 20.8 Å². The number of carbonyl (C=O) groups excluding carboxylic acids is 2. The van der Waals surface area contributed by atoms with Crippen LogP contribution in [0.15, 0.2) is 60.2 Å². The van der Waals surface area contributed by atoms with E-state index < -0.39 is 5.91 Å². The van der Waals surface area contributed by atoms with E-state index in [1.807, 2.05) is 54.8 Å². The molecule has 6 nitrogen and oxygen atoms in total. The molecule has 1 heterocycles. The second-order valence-electron chi connectivity index (χ2n) is 7.02. The molecular formula is C24H21ClN4O2. The number of hydrogen-bond donors (Lipinski definition) is 2. The summed E-state index contributed by atoms with van der Waals surface area (Å²) in [7, 11) is 0. The number of nitrogens with zero attached hydrogens (tertiary/aromatic N) is 2. The first-order chi connectivity index (χ1) is 14.8. The Hall–Kier alpha value is -3.82. The first-order valence-corrected chi connectivity index (χ1v) is 9.92. The maximum atomic E-state index is 12.6. The molecule has 0 aliphatic carbocycles. The Balaban J connectivity index is 1.88. The Morgan fingerprint density at radius 2 is 1.58 bits per heavy atom. The summed E-state index contributed by atoms with van der Waals surface area (Å²) < 4.78 is 2.02. The van der Waals surface area contributed by atoms with Gasteiger partial charge in [0.1, 0.15) is 11.6 Å². The van der Waals surface area contributed by atoms with Crippen LogP contribution in [0.4, 0.5) is 11.4 Å². The van der Waals surface area contributed by atoms with Gasteiger partial charge in [0.15, 0.2) is 0 Å². The van der Waals surface area contributed by atoms with Gasteiger partial charge < -0.3 is 15.2 Å². The SMILES string of the molecule is CC(=O)Nc1ccc(-n2c(C)cc(C=C(C#N)C(=O)Nc3ccc(Cl)cc3)c2C)cc1. The van der Waals surface area contributed by atoms with E-state index >= 15 is 0 Å². The number of nitriles is 1. The van der Waals surface area contributed by atoms with Crippen molar-refractivity contribution in [3.63, 3.8) is 0 Å². The molecule has 7 heteroatoms. The van der Waals surface area contributed by atoms with E-state index in [0.29, 0.717) is 16.4 Å². The smallest absolute Gasteiger partial charge is 0.266 e. The second-order valence-corrected chi connectivity index (χ2v) is 7.46. The fourth-order valence-corrected chi connectivity index (χ4v) is 3.39. The van der Waals surface area contributed by atoms with E-state index in [9.17, 15) is 14.9 Å². The number of carbonyl (C=O) groups is 2. The van der Waals surface area contributed by atoms with Gasteiger partial charge in [0.05, 0.1) is 0 Å². The summed E-state index contributed by atoms with van der Waals surface area (Å²) in [5.74, 6) is -0.622. The number of anilines is 2. The molecule has 0 radical (unpaired) electrons. The Bertz CT molecular complexity index is 1200. The molecular weight excluding hydrogens is 412 g/mol. The van der Waals surface area contributed by atoms with Crippen LogP contribution in [0.1, 0.15) is 23.9 Å². The molecule has 0 aliphatic rings. The van der Waals surface area contributed by atoms with Gasteiger partial charge in [0, 0.05) is 40.4 Å². The van der Waals surface area contributed by atoms with E-state index in [2.05, 4.69) is 10.6 Å². The molecule has 2 amide bonds. The predicted octanol–water partition coefficient (Wildman–Crippen LogP) is 5.25. The molecule has 0 fully saturated rings. The highest BCUT2D eigenvalue weighted by molar-refractivity contribution is 6.30. The van der Waals surface area contributed by atoms with E-state index in [4.69, 9.17) is 11.6 Å². The number of halogens is 1. The van der Waals surface area contributed by atoms with Crippen LogP contribution in [0.5, 0.6) is 0 Å². The van der Waals surface area contributed by atoms with Crippen LogP contribution >= 0.6 is 11.6 Å². The van der Waals surface area contributed by atoms with Gasteiger partial charge in [-0.05, 0) is 80.1 Å². The highest BCUT2D eigenvalue weighted by atomic mass is 35.5. The summed E-state index contributed by atoms with van der Waals surface area (Å²) in [5, 5.41) is 15.5. The standard InChI is InChI=1S/C24H21ClN4O2/c1-15-12-18(13-19(14-26)24(31)28-22-6-4-20(25)5-7-22)16(2)29(15)23-10-8-21(9-11-23)27-17(3)30/h4-13H,1-3H3,(H,27,30)(H,28,31). The van der Waals surface area contributed by atoms with Crippen LogP contribution < -0.4 is 10.6 Å². The first-order valence-electron chi connectivity index (χ1n) is 9.54. The normalized spacial score (nSPS) is 11.0.